The Balaban J connectivity index is 1.49. The Hall–Kier alpha value is -1.60. The molecule has 2 rings (SSSR count). The summed E-state index contributed by atoms with van der Waals surface area (Å²) in [5.74, 6) is 0.488. The van der Waals surface area contributed by atoms with E-state index in [2.05, 4.69) is 72.9 Å². The zero-order valence-corrected chi connectivity index (χ0v) is 19.5. The summed E-state index contributed by atoms with van der Waals surface area (Å²) in [5.41, 5.74) is 2.85. The summed E-state index contributed by atoms with van der Waals surface area (Å²) in [6, 6.07) is 21.9. The molecule has 0 aliphatic carbocycles. The molecular formula is C29H45N. The molecule has 1 nitrogen and oxygen atoms in total. The highest BCUT2D eigenvalue weighted by atomic mass is 14.8. The standard InChI is InChI=1S/C29H45N/c1-2-3-4-5-6-7-8-9-10-11-12-19-25-30-26-24-29(27-20-15-13-16-21-27)28-22-17-14-18-23-28/h13-18,20-23,29-30H,2-12,19,24-26H2,1H3. The first-order valence-corrected chi connectivity index (χ1v) is 12.7. The lowest BCUT2D eigenvalue weighted by Crippen LogP contribution is -2.19. The van der Waals surface area contributed by atoms with Gasteiger partial charge in [0, 0.05) is 5.92 Å². The van der Waals surface area contributed by atoms with Crippen molar-refractivity contribution in [2.45, 2.75) is 96.3 Å². The first kappa shape index (κ1) is 24.7. The number of benzene rings is 2. The smallest absolute Gasteiger partial charge is 0.0101 e. The first-order valence-electron chi connectivity index (χ1n) is 12.7. The molecule has 0 saturated heterocycles. The van der Waals surface area contributed by atoms with E-state index in [4.69, 9.17) is 0 Å². The molecule has 0 aliphatic rings. The second-order valence-electron chi connectivity index (χ2n) is 8.80. The number of rotatable bonds is 18. The topological polar surface area (TPSA) is 12.0 Å². The molecule has 2 aromatic carbocycles. The van der Waals surface area contributed by atoms with Crippen LogP contribution in [0.25, 0.3) is 0 Å². The van der Waals surface area contributed by atoms with Crippen molar-refractivity contribution in [3.8, 4) is 0 Å². The van der Waals surface area contributed by atoms with E-state index in [0.29, 0.717) is 5.92 Å². The van der Waals surface area contributed by atoms with Crippen LogP contribution in [0, 0.1) is 0 Å². The lowest BCUT2D eigenvalue weighted by molar-refractivity contribution is 0.530. The van der Waals surface area contributed by atoms with Crippen LogP contribution in [0.3, 0.4) is 0 Å². The summed E-state index contributed by atoms with van der Waals surface area (Å²) < 4.78 is 0. The molecule has 0 bridgehead atoms. The molecule has 1 N–H and O–H groups in total. The molecule has 0 atom stereocenters. The Morgan fingerprint density at radius 2 is 0.967 bits per heavy atom. The van der Waals surface area contributed by atoms with Crippen LogP contribution in [0.2, 0.25) is 0 Å². The molecule has 0 aliphatic heterocycles. The molecule has 0 radical (unpaired) electrons. The van der Waals surface area contributed by atoms with Gasteiger partial charge in [-0.3, -0.25) is 0 Å². The fraction of sp³-hybridized carbons (Fsp3) is 0.586. The Kier molecular flexibility index (Phi) is 14.1. The van der Waals surface area contributed by atoms with Crippen LogP contribution in [-0.2, 0) is 0 Å². The van der Waals surface area contributed by atoms with Gasteiger partial charge >= 0.3 is 0 Å². The van der Waals surface area contributed by atoms with E-state index in [1.54, 1.807) is 0 Å². The third kappa shape index (κ3) is 11.0. The van der Waals surface area contributed by atoms with Crippen molar-refractivity contribution >= 4 is 0 Å². The molecule has 0 heterocycles. The third-order valence-electron chi connectivity index (χ3n) is 6.22. The van der Waals surface area contributed by atoms with Crippen LogP contribution in [0.1, 0.15) is 107 Å². The molecule has 1 heteroatoms. The van der Waals surface area contributed by atoms with Crippen LogP contribution >= 0.6 is 0 Å². The van der Waals surface area contributed by atoms with Crippen molar-refractivity contribution in [1.82, 2.24) is 5.32 Å². The number of nitrogens with one attached hydrogen (secondary N) is 1. The van der Waals surface area contributed by atoms with E-state index in [-0.39, 0.29) is 0 Å². The first-order chi connectivity index (χ1) is 14.9. The van der Waals surface area contributed by atoms with Gasteiger partial charge in [0.15, 0.2) is 0 Å². The molecule has 0 fully saturated rings. The maximum Gasteiger partial charge on any atom is 0.0101 e. The fourth-order valence-electron chi connectivity index (χ4n) is 4.36. The van der Waals surface area contributed by atoms with Crippen molar-refractivity contribution in [2.75, 3.05) is 13.1 Å². The lowest BCUT2D eigenvalue weighted by Gasteiger charge is -2.18. The zero-order valence-electron chi connectivity index (χ0n) is 19.5. The molecule has 0 unspecified atom stereocenters. The molecule has 0 spiro atoms. The maximum absolute atomic E-state index is 3.69. The SMILES string of the molecule is CCCCCCCCCCCCCCNCCC(c1ccccc1)c1ccccc1. The lowest BCUT2D eigenvalue weighted by atomic mass is 9.88. The van der Waals surface area contributed by atoms with Crippen molar-refractivity contribution in [2.24, 2.45) is 0 Å². The highest BCUT2D eigenvalue weighted by Gasteiger charge is 2.13. The Labute approximate surface area is 186 Å². The normalized spacial score (nSPS) is 11.3. The Morgan fingerprint density at radius 1 is 0.533 bits per heavy atom. The van der Waals surface area contributed by atoms with Crippen molar-refractivity contribution < 1.29 is 0 Å². The van der Waals surface area contributed by atoms with Gasteiger partial charge in [-0.1, -0.05) is 138 Å². The van der Waals surface area contributed by atoms with E-state index in [1.165, 1.54) is 88.2 Å². The summed E-state index contributed by atoms with van der Waals surface area (Å²) in [7, 11) is 0. The Morgan fingerprint density at radius 3 is 1.43 bits per heavy atom. The Bertz CT molecular complexity index is 567. The third-order valence-corrected chi connectivity index (χ3v) is 6.22. The van der Waals surface area contributed by atoms with Gasteiger partial charge in [0.2, 0.25) is 0 Å². The van der Waals surface area contributed by atoms with Gasteiger partial charge < -0.3 is 5.32 Å². The van der Waals surface area contributed by atoms with Gasteiger partial charge in [-0.2, -0.15) is 0 Å². The monoisotopic (exact) mass is 407 g/mol. The average Bonchev–Trinajstić information content (AvgIpc) is 2.80. The highest BCUT2D eigenvalue weighted by Crippen LogP contribution is 2.27. The van der Waals surface area contributed by atoms with E-state index < -0.39 is 0 Å². The van der Waals surface area contributed by atoms with Gasteiger partial charge in [0.1, 0.15) is 0 Å². The minimum Gasteiger partial charge on any atom is -0.317 e. The molecule has 166 valence electrons. The van der Waals surface area contributed by atoms with Crippen LogP contribution in [0.5, 0.6) is 0 Å². The van der Waals surface area contributed by atoms with Gasteiger partial charge in [-0.25, -0.2) is 0 Å². The summed E-state index contributed by atoms with van der Waals surface area (Å²) in [6.45, 7) is 4.54. The van der Waals surface area contributed by atoms with E-state index >= 15 is 0 Å². The fourth-order valence-corrected chi connectivity index (χ4v) is 4.36. The molecule has 30 heavy (non-hydrogen) atoms. The minimum atomic E-state index is 0.488. The number of hydrogen-bond acceptors (Lipinski definition) is 1. The maximum atomic E-state index is 3.69. The predicted molar refractivity (Wildman–Crippen MR) is 133 cm³/mol. The van der Waals surface area contributed by atoms with Crippen LogP contribution in [-0.4, -0.2) is 13.1 Å². The zero-order chi connectivity index (χ0) is 21.1. The van der Waals surface area contributed by atoms with Gasteiger partial charge in [-0.05, 0) is 37.1 Å². The van der Waals surface area contributed by atoms with Crippen molar-refractivity contribution in [3.05, 3.63) is 71.8 Å². The number of hydrogen-bond donors (Lipinski definition) is 1. The largest absolute Gasteiger partial charge is 0.317 e. The highest BCUT2D eigenvalue weighted by molar-refractivity contribution is 5.32. The van der Waals surface area contributed by atoms with E-state index in [9.17, 15) is 0 Å². The summed E-state index contributed by atoms with van der Waals surface area (Å²) in [5, 5.41) is 3.69. The summed E-state index contributed by atoms with van der Waals surface area (Å²) in [4.78, 5) is 0. The molecule has 0 amide bonds. The van der Waals surface area contributed by atoms with E-state index in [0.717, 1.165) is 19.5 Å². The van der Waals surface area contributed by atoms with Crippen LogP contribution < -0.4 is 5.32 Å². The van der Waals surface area contributed by atoms with Gasteiger partial charge in [0.25, 0.3) is 0 Å². The van der Waals surface area contributed by atoms with Crippen molar-refractivity contribution in [3.63, 3.8) is 0 Å². The molecule has 0 saturated carbocycles. The van der Waals surface area contributed by atoms with Gasteiger partial charge in [-0.15, -0.1) is 0 Å². The number of unbranched alkanes of at least 4 members (excludes halogenated alkanes) is 11. The summed E-state index contributed by atoms with van der Waals surface area (Å²) in [6.07, 6.45) is 18.2. The summed E-state index contributed by atoms with van der Waals surface area (Å²) >= 11 is 0. The molecular weight excluding hydrogens is 362 g/mol. The van der Waals surface area contributed by atoms with Crippen LogP contribution in [0.4, 0.5) is 0 Å². The predicted octanol–water partition coefficient (Wildman–Crippen LogP) is 8.50. The average molecular weight is 408 g/mol. The molecule has 0 aromatic heterocycles. The second kappa shape index (κ2) is 17.1. The van der Waals surface area contributed by atoms with Crippen molar-refractivity contribution in [1.29, 1.82) is 0 Å². The van der Waals surface area contributed by atoms with Crippen LogP contribution in [0.15, 0.2) is 60.7 Å². The van der Waals surface area contributed by atoms with Gasteiger partial charge in [0.05, 0.1) is 0 Å². The minimum absolute atomic E-state index is 0.488. The second-order valence-corrected chi connectivity index (χ2v) is 8.80. The quantitative estimate of drug-likeness (QED) is 0.244. The van der Waals surface area contributed by atoms with E-state index in [1.807, 2.05) is 0 Å². The molecule has 2 aromatic rings.